The van der Waals surface area contributed by atoms with E-state index in [1.165, 1.54) is 48.5 Å². The van der Waals surface area contributed by atoms with E-state index in [9.17, 15) is 27.0 Å². The first kappa shape index (κ1) is 47.7. The molecule has 0 amide bonds. The van der Waals surface area contributed by atoms with E-state index < -0.39 is 30.9 Å². The Bertz CT molecular complexity index is 3070. The van der Waals surface area contributed by atoms with Crippen molar-refractivity contribution in [3.8, 4) is 69.7 Å². The van der Waals surface area contributed by atoms with Crippen molar-refractivity contribution in [3.63, 3.8) is 0 Å². The normalized spacial score (nSPS) is 15.2. The Hall–Kier alpha value is -7.32. The van der Waals surface area contributed by atoms with Crippen LogP contribution in [0.25, 0.3) is 0 Å². The molecule has 2 saturated carbocycles. The first-order chi connectivity index (χ1) is 33.8. The second-order valence-electron chi connectivity index (χ2n) is 17.5. The van der Waals surface area contributed by atoms with Gasteiger partial charge in [0.1, 0.15) is 57.2 Å². The number of rotatable bonds is 12. The molecule has 7 aromatic rings. The quantitative estimate of drug-likeness (QED) is 0.113. The molecule has 0 saturated heterocycles. The van der Waals surface area contributed by atoms with Crippen molar-refractivity contribution in [1.29, 1.82) is 0 Å². The number of aliphatic hydroxyl groups is 2. The monoisotopic (exact) mass is 970 g/mol. The van der Waals surface area contributed by atoms with Gasteiger partial charge in [-0.25, -0.2) is 16.8 Å². The van der Waals surface area contributed by atoms with Crippen LogP contribution in [0.1, 0.15) is 75.3 Å². The lowest BCUT2D eigenvalue weighted by Crippen LogP contribution is -2.29. The van der Waals surface area contributed by atoms with Gasteiger partial charge in [-0.05, 0) is 209 Å². The zero-order chi connectivity index (χ0) is 48.6. The van der Waals surface area contributed by atoms with Crippen molar-refractivity contribution >= 4 is 19.7 Å². The summed E-state index contributed by atoms with van der Waals surface area (Å²) in [4.78, 5) is 0.410. The lowest BCUT2D eigenvalue weighted by molar-refractivity contribution is 0.0606. The number of sulfone groups is 2. The van der Waals surface area contributed by atoms with Gasteiger partial charge in [-0.3, -0.25) is 0 Å². The third-order valence-corrected chi connectivity index (χ3v) is 15.8. The second kappa shape index (κ2) is 20.7. The summed E-state index contributed by atoms with van der Waals surface area (Å²) in [6.45, 7) is 0. The van der Waals surface area contributed by atoms with E-state index in [1.807, 2.05) is 24.3 Å². The topological polar surface area (TPSA) is 146 Å². The summed E-state index contributed by atoms with van der Waals surface area (Å²) >= 11 is 0. The van der Waals surface area contributed by atoms with Gasteiger partial charge in [0, 0.05) is 11.1 Å². The van der Waals surface area contributed by atoms with Crippen LogP contribution in [0.2, 0.25) is 0 Å². The highest BCUT2D eigenvalue weighted by Crippen LogP contribution is 2.34. The molecule has 12 heteroatoms. The summed E-state index contributed by atoms with van der Waals surface area (Å²) in [5, 5.41) is 21.5. The van der Waals surface area contributed by atoms with E-state index in [2.05, 4.69) is 23.7 Å². The van der Waals surface area contributed by atoms with Crippen LogP contribution >= 0.6 is 0 Å². The average Bonchev–Trinajstić information content (AvgIpc) is 3.37. The Balaban J connectivity index is 0.759. The number of hydrogen-bond acceptors (Lipinski definition) is 10. The third kappa shape index (κ3) is 11.9. The van der Waals surface area contributed by atoms with E-state index >= 15 is 0 Å². The molecule has 0 unspecified atom stereocenters. The lowest BCUT2D eigenvalue weighted by atomic mass is 9.85. The molecule has 0 radical (unpaired) electrons. The van der Waals surface area contributed by atoms with Crippen molar-refractivity contribution in [2.75, 3.05) is 0 Å². The molecule has 0 bridgehead atoms. The minimum atomic E-state index is -3.84. The van der Waals surface area contributed by atoms with Crippen molar-refractivity contribution in [3.05, 3.63) is 181 Å². The van der Waals surface area contributed by atoms with Gasteiger partial charge in [0.15, 0.2) is 0 Å². The minimum absolute atomic E-state index is 0.0985. The summed E-state index contributed by atoms with van der Waals surface area (Å²) < 4.78 is 78.0. The molecule has 2 aliphatic carbocycles. The molecule has 9 rings (SSSR count). The van der Waals surface area contributed by atoms with E-state index in [4.69, 9.17) is 18.9 Å². The Labute approximate surface area is 409 Å². The van der Waals surface area contributed by atoms with Crippen LogP contribution in [-0.2, 0) is 19.7 Å². The predicted octanol–water partition coefficient (Wildman–Crippen LogP) is 12.6. The highest BCUT2D eigenvalue weighted by Gasteiger charge is 2.28. The smallest absolute Gasteiger partial charge is 0.206 e. The molecular formula is C58H50O10S2. The summed E-state index contributed by atoms with van der Waals surface area (Å²) in [6, 6.07) is 46.0. The Morgan fingerprint density at radius 1 is 0.343 bits per heavy atom. The average molecular weight is 971 g/mol. The summed E-state index contributed by atoms with van der Waals surface area (Å²) in [5.74, 6) is 16.1. The highest BCUT2D eigenvalue weighted by atomic mass is 32.2. The van der Waals surface area contributed by atoms with Gasteiger partial charge in [-0.15, -0.1) is 0 Å². The molecule has 2 aliphatic rings. The van der Waals surface area contributed by atoms with E-state index in [0.717, 1.165) is 49.7 Å². The van der Waals surface area contributed by atoms with Gasteiger partial charge in [-0.1, -0.05) is 48.7 Å². The Morgan fingerprint density at radius 2 is 0.600 bits per heavy atom. The van der Waals surface area contributed by atoms with Gasteiger partial charge in [0.2, 0.25) is 19.7 Å². The fraction of sp³-hybridized carbons (Fsp3) is 0.207. The van der Waals surface area contributed by atoms with Crippen LogP contribution in [0.5, 0.6) is 46.0 Å². The first-order valence-corrected chi connectivity index (χ1v) is 26.2. The van der Waals surface area contributed by atoms with Gasteiger partial charge < -0.3 is 29.2 Å². The molecule has 0 spiro atoms. The van der Waals surface area contributed by atoms with Crippen molar-refractivity contribution in [2.45, 2.75) is 95.0 Å². The molecule has 354 valence electrons. The standard InChI is InChI=1S/C58H50O10S2/c59-57(35-3-1-4-36-57)39-33-43-9-7-11-51(41-43)67-49-21-29-55(30-22-49)69(61,62)53-25-17-47(18-26-53)65-45-13-15-46(16-14-45)66-48-19-27-54(28-20-48)70(63,64)56-31-23-50(24-32-56)68-52-12-8-10-44(42-52)34-40-58(60)37-5-2-6-38-58/h7-32,41-42,59-60H,1-6,35-38H2. The van der Waals surface area contributed by atoms with Crippen molar-refractivity contribution < 1.29 is 46.0 Å². The van der Waals surface area contributed by atoms with Crippen LogP contribution in [0, 0.1) is 23.7 Å². The molecule has 7 aromatic carbocycles. The van der Waals surface area contributed by atoms with E-state index in [-0.39, 0.29) is 19.6 Å². The molecule has 0 aromatic heterocycles. The summed E-state index contributed by atoms with van der Waals surface area (Å²) in [6.07, 6.45) is 8.80. The molecular weight excluding hydrogens is 921 g/mol. The number of benzene rings is 7. The number of ether oxygens (including phenoxy) is 4. The van der Waals surface area contributed by atoms with E-state index in [0.29, 0.717) is 71.7 Å². The predicted molar refractivity (Wildman–Crippen MR) is 266 cm³/mol. The maximum Gasteiger partial charge on any atom is 0.206 e. The summed E-state index contributed by atoms with van der Waals surface area (Å²) in [5.41, 5.74) is -0.466. The van der Waals surface area contributed by atoms with Crippen LogP contribution in [-0.4, -0.2) is 38.3 Å². The van der Waals surface area contributed by atoms with Crippen LogP contribution < -0.4 is 18.9 Å². The van der Waals surface area contributed by atoms with Gasteiger partial charge in [0.05, 0.1) is 19.6 Å². The Morgan fingerprint density at radius 3 is 0.886 bits per heavy atom. The highest BCUT2D eigenvalue weighted by molar-refractivity contribution is 7.91. The van der Waals surface area contributed by atoms with E-state index in [1.54, 1.807) is 97.1 Å². The molecule has 0 heterocycles. The molecule has 10 nitrogen and oxygen atoms in total. The molecule has 70 heavy (non-hydrogen) atoms. The van der Waals surface area contributed by atoms with Gasteiger partial charge in [-0.2, -0.15) is 0 Å². The summed E-state index contributed by atoms with van der Waals surface area (Å²) in [7, 11) is -7.69. The first-order valence-electron chi connectivity index (χ1n) is 23.2. The Kier molecular flexibility index (Phi) is 14.1. The van der Waals surface area contributed by atoms with Crippen molar-refractivity contribution in [1.82, 2.24) is 0 Å². The van der Waals surface area contributed by atoms with Crippen LogP contribution in [0.4, 0.5) is 0 Å². The second-order valence-corrected chi connectivity index (χ2v) is 21.4. The van der Waals surface area contributed by atoms with Crippen molar-refractivity contribution in [2.24, 2.45) is 0 Å². The number of hydrogen-bond donors (Lipinski definition) is 2. The van der Waals surface area contributed by atoms with Crippen LogP contribution in [0.15, 0.2) is 189 Å². The molecule has 2 N–H and O–H groups in total. The van der Waals surface area contributed by atoms with Crippen LogP contribution in [0.3, 0.4) is 0 Å². The van der Waals surface area contributed by atoms with Gasteiger partial charge in [0.25, 0.3) is 0 Å². The lowest BCUT2D eigenvalue weighted by Gasteiger charge is -2.26. The largest absolute Gasteiger partial charge is 0.457 e. The van der Waals surface area contributed by atoms with Gasteiger partial charge >= 0.3 is 0 Å². The molecule has 0 atom stereocenters. The minimum Gasteiger partial charge on any atom is -0.457 e. The fourth-order valence-corrected chi connectivity index (χ4v) is 10.8. The maximum atomic E-state index is 13.5. The zero-order valence-electron chi connectivity index (χ0n) is 38.2. The molecule has 0 aliphatic heterocycles. The maximum absolute atomic E-state index is 13.5. The zero-order valence-corrected chi connectivity index (χ0v) is 39.8. The molecule has 2 fully saturated rings. The fourth-order valence-electron chi connectivity index (χ4n) is 8.31. The SMILES string of the molecule is O=S(=O)(c1ccc(Oc2ccc(Oc3ccc(S(=O)(=O)c4ccc(Oc5cccc(C#CC6(O)CCCCC6)c5)cc4)cc3)cc2)cc1)c1ccc(Oc2cccc(C#CC3(O)CCCCC3)c2)cc1. The third-order valence-electron chi connectivity index (χ3n) is 12.2.